The third-order valence-corrected chi connectivity index (χ3v) is 4.53. The van der Waals surface area contributed by atoms with E-state index in [9.17, 15) is 10.1 Å². The van der Waals surface area contributed by atoms with Crippen molar-refractivity contribution in [2.24, 2.45) is 10.2 Å². The van der Waals surface area contributed by atoms with Crippen LogP contribution >= 0.6 is 0 Å². The predicted molar refractivity (Wildman–Crippen MR) is 114 cm³/mol. The summed E-state index contributed by atoms with van der Waals surface area (Å²) in [7, 11) is 0. The number of nitro groups is 1. The Labute approximate surface area is 169 Å². The second-order valence-corrected chi connectivity index (χ2v) is 6.37. The van der Waals surface area contributed by atoms with E-state index in [2.05, 4.69) is 15.1 Å². The van der Waals surface area contributed by atoms with Crippen LogP contribution in [0.15, 0.2) is 83.0 Å². The Kier molecular flexibility index (Phi) is 6.65. The van der Waals surface area contributed by atoms with Gasteiger partial charge >= 0.3 is 0 Å². The van der Waals surface area contributed by atoms with Crippen LogP contribution in [0.3, 0.4) is 0 Å². The van der Waals surface area contributed by atoms with E-state index < -0.39 is 4.92 Å². The number of nitro benzene ring substituents is 1. The van der Waals surface area contributed by atoms with Gasteiger partial charge in [-0.1, -0.05) is 12.1 Å². The lowest BCUT2D eigenvalue weighted by Crippen LogP contribution is -2.25. The molecule has 0 radical (unpaired) electrons. The fraction of sp³-hybridized carbons (Fsp3) is 0.182. The van der Waals surface area contributed by atoms with Crippen LogP contribution in [-0.2, 0) is 0 Å². The van der Waals surface area contributed by atoms with Gasteiger partial charge in [0.05, 0.1) is 22.9 Å². The number of hydrogen-bond donors (Lipinski definition) is 1. The van der Waals surface area contributed by atoms with E-state index in [4.69, 9.17) is 5.11 Å². The molecule has 0 unspecified atom stereocenters. The highest BCUT2D eigenvalue weighted by molar-refractivity contribution is 5.66. The third-order valence-electron chi connectivity index (χ3n) is 4.53. The maximum absolute atomic E-state index is 10.7. The van der Waals surface area contributed by atoms with Gasteiger partial charge in [-0.2, -0.15) is 10.2 Å². The summed E-state index contributed by atoms with van der Waals surface area (Å²) in [6, 6.07) is 21.7. The second kappa shape index (κ2) is 9.57. The van der Waals surface area contributed by atoms with Crippen LogP contribution in [0.1, 0.15) is 6.92 Å². The van der Waals surface area contributed by atoms with E-state index in [0.717, 1.165) is 34.7 Å². The summed E-state index contributed by atoms with van der Waals surface area (Å²) in [6.45, 7) is 3.58. The van der Waals surface area contributed by atoms with E-state index in [0.29, 0.717) is 6.54 Å². The van der Waals surface area contributed by atoms with Crippen LogP contribution < -0.4 is 4.90 Å². The van der Waals surface area contributed by atoms with Crippen molar-refractivity contribution in [3.63, 3.8) is 0 Å². The number of non-ortho nitro benzene ring substituents is 1. The fourth-order valence-electron chi connectivity index (χ4n) is 2.93. The minimum atomic E-state index is -0.411. The molecule has 148 valence electrons. The summed E-state index contributed by atoms with van der Waals surface area (Å²) in [6.07, 6.45) is 0. The van der Waals surface area contributed by atoms with Gasteiger partial charge in [0.25, 0.3) is 5.69 Å². The third kappa shape index (κ3) is 5.24. The molecule has 0 aliphatic rings. The Morgan fingerprint density at radius 2 is 1.34 bits per heavy atom. The first kappa shape index (κ1) is 20.2. The number of rotatable bonds is 8. The number of anilines is 1. The molecule has 0 spiro atoms. The van der Waals surface area contributed by atoms with Crippen molar-refractivity contribution in [1.82, 2.24) is 0 Å². The molecule has 7 heteroatoms. The largest absolute Gasteiger partial charge is 0.395 e. The Morgan fingerprint density at radius 3 is 1.79 bits per heavy atom. The molecule has 29 heavy (non-hydrogen) atoms. The second-order valence-electron chi connectivity index (χ2n) is 6.37. The predicted octanol–water partition coefficient (Wildman–Crippen LogP) is 5.50. The molecular formula is C22H22N4O3. The zero-order valence-electron chi connectivity index (χ0n) is 16.1. The normalized spacial score (nSPS) is 11.0. The highest BCUT2D eigenvalue weighted by Crippen LogP contribution is 2.26. The SMILES string of the molecule is CCN(CCO)c1ccc(N=Nc2ccc(-c3ccc([N+](=O)[O-])cc3)cc2)cc1. The van der Waals surface area contributed by atoms with Gasteiger partial charge in [0.1, 0.15) is 0 Å². The molecule has 0 bridgehead atoms. The number of aliphatic hydroxyl groups excluding tert-OH is 1. The maximum atomic E-state index is 10.7. The molecule has 0 amide bonds. The lowest BCUT2D eigenvalue weighted by molar-refractivity contribution is -0.384. The molecule has 0 atom stereocenters. The lowest BCUT2D eigenvalue weighted by atomic mass is 10.1. The van der Waals surface area contributed by atoms with Gasteiger partial charge in [-0.15, -0.1) is 0 Å². The molecule has 0 saturated carbocycles. The molecule has 0 saturated heterocycles. The number of azo groups is 1. The smallest absolute Gasteiger partial charge is 0.269 e. The van der Waals surface area contributed by atoms with Crippen LogP contribution in [-0.4, -0.2) is 29.7 Å². The topological polar surface area (TPSA) is 91.3 Å². The van der Waals surface area contributed by atoms with Crippen LogP contribution in [0.4, 0.5) is 22.7 Å². The van der Waals surface area contributed by atoms with Gasteiger partial charge in [-0.05, 0) is 66.6 Å². The van der Waals surface area contributed by atoms with Crippen molar-refractivity contribution in [2.75, 3.05) is 24.6 Å². The molecular weight excluding hydrogens is 368 g/mol. The monoisotopic (exact) mass is 390 g/mol. The molecule has 3 aromatic carbocycles. The van der Waals surface area contributed by atoms with Crippen molar-refractivity contribution in [3.05, 3.63) is 82.9 Å². The molecule has 0 aliphatic heterocycles. The van der Waals surface area contributed by atoms with Gasteiger partial charge in [0, 0.05) is 30.9 Å². The Hall–Kier alpha value is -3.58. The number of nitrogens with zero attached hydrogens (tertiary/aromatic N) is 4. The zero-order chi connectivity index (χ0) is 20.6. The Morgan fingerprint density at radius 1 is 0.862 bits per heavy atom. The van der Waals surface area contributed by atoms with Crippen molar-refractivity contribution < 1.29 is 10.0 Å². The van der Waals surface area contributed by atoms with E-state index in [1.165, 1.54) is 12.1 Å². The van der Waals surface area contributed by atoms with Gasteiger partial charge in [0.15, 0.2) is 0 Å². The molecule has 1 N–H and O–H groups in total. The van der Waals surface area contributed by atoms with Crippen molar-refractivity contribution in [3.8, 4) is 11.1 Å². The highest BCUT2D eigenvalue weighted by Gasteiger charge is 2.05. The first-order chi connectivity index (χ1) is 14.1. The number of hydrogen-bond acceptors (Lipinski definition) is 6. The minimum absolute atomic E-state index is 0.0728. The summed E-state index contributed by atoms with van der Waals surface area (Å²) in [5, 5.41) is 28.4. The molecule has 0 aliphatic carbocycles. The minimum Gasteiger partial charge on any atom is -0.395 e. The molecule has 7 nitrogen and oxygen atoms in total. The fourth-order valence-corrected chi connectivity index (χ4v) is 2.93. The number of benzene rings is 3. The van der Waals surface area contributed by atoms with Crippen molar-refractivity contribution in [1.29, 1.82) is 0 Å². The van der Waals surface area contributed by atoms with Crippen molar-refractivity contribution in [2.45, 2.75) is 6.92 Å². The summed E-state index contributed by atoms with van der Waals surface area (Å²) in [4.78, 5) is 12.4. The molecule has 3 rings (SSSR count). The van der Waals surface area contributed by atoms with E-state index in [1.54, 1.807) is 12.1 Å². The number of likely N-dealkylation sites (N-methyl/N-ethyl adjacent to an activating group) is 1. The van der Waals surface area contributed by atoms with Crippen LogP contribution in [0.5, 0.6) is 0 Å². The quantitative estimate of drug-likeness (QED) is 0.312. The van der Waals surface area contributed by atoms with E-state index >= 15 is 0 Å². The average Bonchev–Trinajstić information content (AvgIpc) is 2.77. The van der Waals surface area contributed by atoms with Gasteiger partial charge in [0.2, 0.25) is 0 Å². The summed E-state index contributed by atoms with van der Waals surface area (Å²) < 4.78 is 0. The standard InChI is InChI=1S/C22H22N4O3/c1-2-25(15-16-27)21-13-9-20(10-14-21)24-23-19-7-3-17(4-8-19)18-5-11-22(12-6-18)26(28)29/h3-14,27H,2,15-16H2,1H3. The molecule has 0 fully saturated rings. The average molecular weight is 390 g/mol. The van der Waals surface area contributed by atoms with Crippen LogP contribution in [0.25, 0.3) is 11.1 Å². The highest BCUT2D eigenvalue weighted by atomic mass is 16.6. The summed E-state index contributed by atoms with van der Waals surface area (Å²) in [5.74, 6) is 0. The Balaban J connectivity index is 1.67. The molecule has 0 heterocycles. The zero-order valence-corrected chi connectivity index (χ0v) is 16.1. The first-order valence-corrected chi connectivity index (χ1v) is 9.33. The summed E-state index contributed by atoms with van der Waals surface area (Å²) in [5.41, 5.74) is 4.42. The van der Waals surface area contributed by atoms with Gasteiger partial charge < -0.3 is 10.0 Å². The first-order valence-electron chi connectivity index (χ1n) is 9.33. The van der Waals surface area contributed by atoms with Gasteiger partial charge in [-0.25, -0.2) is 0 Å². The maximum Gasteiger partial charge on any atom is 0.269 e. The van der Waals surface area contributed by atoms with Crippen LogP contribution in [0.2, 0.25) is 0 Å². The van der Waals surface area contributed by atoms with Gasteiger partial charge in [-0.3, -0.25) is 10.1 Å². The van der Waals surface area contributed by atoms with Crippen LogP contribution in [0, 0.1) is 10.1 Å². The molecule has 3 aromatic rings. The lowest BCUT2D eigenvalue weighted by Gasteiger charge is -2.21. The van der Waals surface area contributed by atoms with E-state index in [1.807, 2.05) is 55.5 Å². The van der Waals surface area contributed by atoms with E-state index in [-0.39, 0.29) is 12.3 Å². The molecule has 0 aromatic heterocycles. The Bertz CT molecular complexity index is 968. The van der Waals surface area contributed by atoms with Crippen molar-refractivity contribution >= 4 is 22.7 Å². The summed E-state index contributed by atoms with van der Waals surface area (Å²) >= 11 is 0. The number of aliphatic hydroxyl groups is 1.